The number of aromatic nitrogens is 2. The Hall–Kier alpha value is -2.93. The fraction of sp³-hybridized carbons (Fsp3) is 0.263. The van der Waals surface area contributed by atoms with E-state index in [9.17, 15) is 4.79 Å². The molecule has 0 saturated heterocycles. The number of nitrogens with zero attached hydrogens (tertiary/aromatic N) is 2. The highest BCUT2D eigenvalue weighted by Gasteiger charge is 2.21. The van der Waals surface area contributed by atoms with Crippen LogP contribution < -0.4 is 15.4 Å². The summed E-state index contributed by atoms with van der Waals surface area (Å²) >= 11 is 6.00. The van der Waals surface area contributed by atoms with Crippen molar-refractivity contribution >= 4 is 23.3 Å². The topological polar surface area (TPSA) is 81.3 Å². The third kappa shape index (κ3) is 4.43. The molecular formula is C19H21ClN4O3. The molecule has 2 amide bonds. The van der Waals surface area contributed by atoms with E-state index in [1.807, 2.05) is 36.7 Å². The van der Waals surface area contributed by atoms with E-state index in [0.29, 0.717) is 28.8 Å². The van der Waals surface area contributed by atoms with Crippen molar-refractivity contribution in [3.63, 3.8) is 0 Å². The molecule has 7 nitrogen and oxygen atoms in total. The van der Waals surface area contributed by atoms with E-state index < -0.39 is 0 Å². The first-order valence-corrected chi connectivity index (χ1v) is 8.80. The summed E-state index contributed by atoms with van der Waals surface area (Å²) in [6.45, 7) is 4.19. The zero-order valence-electron chi connectivity index (χ0n) is 15.3. The van der Waals surface area contributed by atoms with Gasteiger partial charge in [0.05, 0.1) is 24.8 Å². The number of hydrogen-bond donors (Lipinski definition) is 2. The maximum atomic E-state index is 12.4. The largest absolute Gasteiger partial charge is 0.495 e. The number of aryl methyl sites for hydroxylation is 2. The Labute approximate surface area is 162 Å². The van der Waals surface area contributed by atoms with Gasteiger partial charge in [0.25, 0.3) is 0 Å². The normalized spacial score (nSPS) is 11.9. The molecule has 2 heterocycles. The molecule has 2 aromatic heterocycles. The van der Waals surface area contributed by atoms with E-state index >= 15 is 0 Å². The number of anilines is 1. The van der Waals surface area contributed by atoms with Crippen molar-refractivity contribution < 1.29 is 13.9 Å². The first kappa shape index (κ1) is 18.8. The third-order valence-corrected chi connectivity index (χ3v) is 4.31. The molecule has 1 atom stereocenters. The fourth-order valence-corrected chi connectivity index (χ4v) is 3.06. The number of ether oxygens (including phenoxy) is 1. The zero-order chi connectivity index (χ0) is 19.4. The minimum Gasteiger partial charge on any atom is -0.495 e. The molecule has 8 heteroatoms. The lowest BCUT2D eigenvalue weighted by atomic mass is 10.2. The van der Waals surface area contributed by atoms with Crippen LogP contribution in [0, 0.1) is 13.8 Å². The first-order valence-electron chi connectivity index (χ1n) is 8.42. The average molecular weight is 389 g/mol. The van der Waals surface area contributed by atoms with Crippen molar-refractivity contribution in [1.82, 2.24) is 15.1 Å². The molecule has 0 saturated carbocycles. The van der Waals surface area contributed by atoms with Crippen LogP contribution in [-0.2, 0) is 0 Å². The lowest BCUT2D eigenvalue weighted by Gasteiger charge is -2.18. The Kier molecular flexibility index (Phi) is 5.71. The number of urea groups is 1. The standard InChI is InChI=1S/C19H21ClN4O3/c1-12-9-13(2)24(23-12)16(18-5-4-8-27-18)11-21-19(25)22-15-10-14(20)6-7-17(15)26-3/h4-10,16H,11H2,1-3H3,(H2,21,22,25)/t16-/m0/s1. The van der Waals surface area contributed by atoms with Crippen LogP contribution in [0.25, 0.3) is 0 Å². The molecule has 1 aromatic carbocycles. The highest BCUT2D eigenvalue weighted by molar-refractivity contribution is 6.31. The Balaban J connectivity index is 1.73. The lowest BCUT2D eigenvalue weighted by Crippen LogP contribution is -2.35. The number of amides is 2. The van der Waals surface area contributed by atoms with Crippen molar-refractivity contribution in [2.24, 2.45) is 0 Å². The monoisotopic (exact) mass is 388 g/mol. The van der Waals surface area contributed by atoms with Gasteiger partial charge in [-0.1, -0.05) is 11.6 Å². The molecule has 3 aromatic rings. The second-order valence-electron chi connectivity index (χ2n) is 6.08. The van der Waals surface area contributed by atoms with Crippen LogP contribution in [0.3, 0.4) is 0 Å². The van der Waals surface area contributed by atoms with Crippen molar-refractivity contribution in [3.8, 4) is 5.75 Å². The van der Waals surface area contributed by atoms with Gasteiger partial charge in [0.2, 0.25) is 0 Å². The second kappa shape index (κ2) is 8.18. The Morgan fingerprint density at radius 1 is 1.33 bits per heavy atom. The minimum atomic E-state index is -0.381. The van der Waals surface area contributed by atoms with Crippen molar-refractivity contribution in [2.45, 2.75) is 19.9 Å². The number of furan rings is 1. The molecule has 142 valence electrons. The quantitative estimate of drug-likeness (QED) is 0.664. The van der Waals surface area contributed by atoms with Crippen molar-refractivity contribution in [1.29, 1.82) is 0 Å². The van der Waals surface area contributed by atoms with Gasteiger partial charge in [-0.05, 0) is 50.2 Å². The summed E-state index contributed by atoms with van der Waals surface area (Å²) in [5, 5.41) is 10.6. The molecule has 0 aliphatic heterocycles. The second-order valence-corrected chi connectivity index (χ2v) is 6.52. The van der Waals surface area contributed by atoms with Crippen molar-refractivity contribution in [2.75, 3.05) is 19.0 Å². The number of hydrogen-bond acceptors (Lipinski definition) is 4. The summed E-state index contributed by atoms with van der Waals surface area (Å²) < 4.78 is 12.6. The molecule has 3 rings (SSSR count). The number of rotatable bonds is 6. The van der Waals surface area contributed by atoms with Gasteiger partial charge in [-0.3, -0.25) is 4.68 Å². The van der Waals surface area contributed by atoms with Gasteiger partial charge >= 0.3 is 6.03 Å². The van der Waals surface area contributed by atoms with Gasteiger partial charge < -0.3 is 19.8 Å². The number of nitrogens with one attached hydrogen (secondary N) is 2. The van der Waals surface area contributed by atoms with Crippen LogP contribution in [-0.4, -0.2) is 29.5 Å². The number of carbonyl (C=O) groups excluding carboxylic acids is 1. The summed E-state index contributed by atoms with van der Waals surface area (Å²) in [6.07, 6.45) is 1.60. The molecule has 0 fully saturated rings. The summed E-state index contributed by atoms with van der Waals surface area (Å²) in [5.74, 6) is 1.23. The van der Waals surface area contributed by atoms with E-state index in [-0.39, 0.29) is 12.1 Å². The molecule has 0 aliphatic carbocycles. The predicted octanol–water partition coefficient (Wildman–Crippen LogP) is 4.17. The van der Waals surface area contributed by atoms with E-state index in [1.54, 1.807) is 24.5 Å². The SMILES string of the molecule is COc1ccc(Cl)cc1NC(=O)NC[C@@H](c1ccco1)n1nc(C)cc1C. The number of carbonyl (C=O) groups is 1. The number of benzene rings is 1. The van der Waals surface area contributed by atoms with E-state index in [2.05, 4.69) is 15.7 Å². The molecule has 0 unspecified atom stereocenters. The van der Waals surface area contributed by atoms with Gasteiger partial charge in [0.15, 0.2) is 0 Å². The Morgan fingerprint density at radius 3 is 2.78 bits per heavy atom. The molecule has 0 bridgehead atoms. The molecule has 2 N–H and O–H groups in total. The Morgan fingerprint density at radius 2 is 2.15 bits per heavy atom. The van der Waals surface area contributed by atoms with Crippen LogP contribution in [0.15, 0.2) is 47.1 Å². The van der Waals surface area contributed by atoms with Gasteiger partial charge in [0, 0.05) is 17.3 Å². The summed E-state index contributed by atoms with van der Waals surface area (Å²) in [4.78, 5) is 12.4. The molecule has 0 aliphatic rings. The molecule has 0 radical (unpaired) electrons. The molecular weight excluding hydrogens is 368 g/mol. The predicted molar refractivity (Wildman–Crippen MR) is 104 cm³/mol. The van der Waals surface area contributed by atoms with Crippen LogP contribution >= 0.6 is 11.6 Å². The summed E-state index contributed by atoms with van der Waals surface area (Å²) in [7, 11) is 1.53. The zero-order valence-corrected chi connectivity index (χ0v) is 16.1. The molecule has 0 spiro atoms. The van der Waals surface area contributed by atoms with Crippen LogP contribution in [0.1, 0.15) is 23.2 Å². The van der Waals surface area contributed by atoms with E-state index in [0.717, 1.165) is 11.4 Å². The fourth-order valence-electron chi connectivity index (χ4n) is 2.88. The average Bonchev–Trinajstić information content (AvgIpc) is 3.26. The van der Waals surface area contributed by atoms with Gasteiger partial charge in [-0.25, -0.2) is 4.79 Å². The maximum absolute atomic E-state index is 12.4. The smallest absolute Gasteiger partial charge is 0.319 e. The molecule has 27 heavy (non-hydrogen) atoms. The van der Waals surface area contributed by atoms with Gasteiger partial charge in [0.1, 0.15) is 17.6 Å². The van der Waals surface area contributed by atoms with Gasteiger partial charge in [-0.2, -0.15) is 5.10 Å². The highest BCUT2D eigenvalue weighted by Crippen LogP contribution is 2.27. The van der Waals surface area contributed by atoms with Crippen LogP contribution in [0.2, 0.25) is 5.02 Å². The minimum absolute atomic E-state index is 0.263. The Bertz CT molecular complexity index is 921. The van der Waals surface area contributed by atoms with Gasteiger partial charge in [-0.15, -0.1) is 0 Å². The number of methoxy groups -OCH3 is 1. The maximum Gasteiger partial charge on any atom is 0.319 e. The first-order chi connectivity index (χ1) is 13.0. The highest BCUT2D eigenvalue weighted by atomic mass is 35.5. The van der Waals surface area contributed by atoms with Crippen LogP contribution in [0.4, 0.5) is 10.5 Å². The summed E-state index contributed by atoms with van der Waals surface area (Å²) in [6, 6.07) is 10.0. The van der Waals surface area contributed by atoms with Crippen molar-refractivity contribution in [3.05, 3.63) is 64.8 Å². The lowest BCUT2D eigenvalue weighted by molar-refractivity contribution is 0.249. The van der Waals surface area contributed by atoms with Crippen LogP contribution in [0.5, 0.6) is 5.75 Å². The third-order valence-electron chi connectivity index (χ3n) is 4.08. The van der Waals surface area contributed by atoms with E-state index in [4.69, 9.17) is 20.8 Å². The number of halogens is 1. The summed E-state index contributed by atoms with van der Waals surface area (Å²) in [5.41, 5.74) is 2.37. The van der Waals surface area contributed by atoms with E-state index in [1.165, 1.54) is 7.11 Å².